The van der Waals surface area contributed by atoms with Crippen LogP contribution in [0, 0.1) is 5.92 Å². The third-order valence-corrected chi connectivity index (χ3v) is 2.67. The van der Waals surface area contributed by atoms with E-state index in [0.717, 1.165) is 5.69 Å². The molecule has 0 heterocycles. The van der Waals surface area contributed by atoms with Gasteiger partial charge >= 0.3 is 0 Å². The van der Waals surface area contributed by atoms with Crippen molar-refractivity contribution in [2.24, 2.45) is 11.7 Å². The van der Waals surface area contributed by atoms with Crippen molar-refractivity contribution in [3.63, 3.8) is 0 Å². The molecule has 0 saturated heterocycles. The molecule has 0 aromatic heterocycles. The number of hydrogen-bond donors (Lipinski definition) is 2. The normalized spacial score (nSPS) is 11.7. The van der Waals surface area contributed by atoms with Gasteiger partial charge in [0, 0.05) is 24.2 Å². The Bertz CT molecular complexity index is 427. The molecule has 0 unspecified atom stereocenters. The molecule has 0 saturated carbocycles. The predicted molar refractivity (Wildman–Crippen MR) is 72.1 cm³/mol. The second-order valence-corrected chi connectivity index (χ2v) is 4.42. The van der Waals surface area contributed by atoms with Gasteiger partial charge in [0.15, 0.2) is 5.78 Å². The summed E-state index contributed by atoms with van der Waals surface area (Å²) in [5.41, 5.74) is 6.88. The summed E-state index contributed by atoms with van der Waals surface area (Å²) >= 11 is 5.99. The van der Waals surface area contributed by atoms with Crippen molar-refractivity contribution in [3.8, 4) is 0 Å². The van der Waals surface area contributed by atoms with Gasteiger partial charge in [-0.2, -0.15) is 0 Å². The van der Waals surface area contributed by atoms with Crippen molar-refractivity contribution in [1.29, 1.82) is 0 Å². The van der Waals surface area contributed by atoms with Crippen LogP contribution in [0.5, 0.6) is 0 Å². The topological polar surface area (TPSA) is 55.1 Å². The fourth-order valence-corrected chi connectivity index (χ4v) is 1.53. The smallest absolute Gasteiger partial charge is 0.164 e. The average Bonchev–Trinajstić information content (AvgIpc) is 2.31. The minimum absolute atomic E-state index is 0.0482. The maximum atomic E-state index is 11.8. The van der Waals surface area contributed by atoms with E-state index in [1.165, 1.54) is 0 Å². The van der Waals surface area contributed by atoms with Gasteiger partial charge in [-0.15, -0.1) is 0 Å². The fourth-order valence-electron chi connectivity index (χ4n) is 1.34. The minimum atomic E-state index is -0.0576. The van der Waals surface area contributed by atoms with Gasteiger partial charge < -0.3 is 11.1 Å². The van der Waals surface area contributed by atoms with Crippen LogP contribution in [0.15, 0.2) is 36.0 Å². The zero-order valence-corrected chi connectivity index (χ0v) is 10.8. The fraction of sp³-hybridized carbons (Fsp3) is 0.308. The van der Waals surface area contributed by atoms with E-state index in [1.807, 2.05) is 32.0 Å². The molecule has 0 aliphatic heterocycles. The third-order valence-electron chi connectivity index (χ3n) is 2.34. The van der Waals surface area contributed by atoms with Gasteiger partial charge in [0.1, 0.15) is 0 Å². The first-order chi connectivity index (χ1) is 8.06. The molecular formula is C13H17ClN2O. The number of anilines is 1. The number of rotatable bonds is 5. The summed E-state index contributed by atoms with van der Waals surface area (Å²) in [6, 6.07) is 7.34. The number of para-hydroxylation sites is 1. The van der Waals surface area contributed by atoms with Crippen molar-refractivity contribution in [2.45, 2.75) is 13.8 Å². The number of benzene rings is 1. The molecule has 3 N–H and O–H groups in total. The van der Waals surface area contributed by atoms with Crippen LogP contribution in [0.25, 0.3) is 0 Å². The molecule has 1 aromatic rings. The summed E-state index contributed by atoms with van der Waals surface area (Å²) in [6.45, 7) is 3.91. The van der Waals surface area contributed by atoms with E-state index < -0.39 is 0 Å². The monoisotopic (exact) mass is 252 g/mol. The molecule has 17 heavy (non-hydrogen) atoms. The van der Waals surface area contributed by atoms with Crippen molar-refractivity contribution >= 4 is 23.1 Å². The number of carbonyl (C=O) groups is 1. The van der Waals surface area contributed by atoms with Crippen molar-refractivity contribution in [1.82, 2.24) is 0 Å². The molecule has 4 heteroatoms. The Kier molecular flexibility index (Phi) is 5.19. The largest absolute Gasteiger partial charge is 0.360 e. The molecule has 0 bridgehead atoms. The van der Waals surface area contributed by atoms with E-state index in [0.29, 0.717) is 10.6 Å². The maximum Gasteiger partial charge on any atom is 0.164 e. The highest BCUT2D eigenvalue weighted by molar-refractivity contribution is 6.33. The number of Topliss-reactive ketones (excluding diaryl/α,β-unsaturated/α-hetero) is 1. The number of nitrogens with one attached hydrogen (secondary N) is 1. The first-order valence-corrected chi connectivity index (χ1v) is 5.88. The second-order valence-electron chi connectivity index (χ2n) is 4.02. The zero-order valence-electron chi connectivity index (χ0n) is 10.0. The summed E-state index contributed by atoms with van der Waals surface area (Å²) in [5.74, 6) is -0.00935. The van der Waals surface area contributed by atoms with Crippen LogP contribution in [-0.2, 0) is 4.79 Å². The van der Waals surface area contributed by atoms with Crippen LogP contribution in [0.3, 0.4) is 0 Å². The van der Waals surface area contributed by atoms with Crippen LogP contribution in [-0.4, -0.2) is 12.3 Å². The maximum absolute atomic E-state index is 11.8. The van der Waals surface area contributed by atoms with Gasteiger partial charge in [-0.1, -0.05) is 37.6 Å². The van der Waals surface area contributed by atoms with Crippen molar-refractivity contribution < 1.29 is 4.79 Å². The molecule has 0 aliphatic rings. The predicted octanol–water partition coefficient (Wildman–Crippen LogP) is 2.82. The number of carbonyl (C=O) groups excluding carboxylic acids is 1. The molecule has 0 radical (unpaired) electrons. The van der Waals surface area contributed by atoms with Crippen LogP contribution >= 0.6 is 11.6 Å². The average molecular weight is 253 g/mol. The van der Waals surface area contributed by atoms with Crippen molar-refractivity contribution in [3.05, 3.63) is 41.1 Å². The lowest BCUT2D eigenvalue weighted by Gasteiger charge is -2.09. The summed E-state index contributed by atoms with van der Waals surface area (Å²) in [4.78, 5) is 11.8. The lowest BCUT2D eigenvalue weighted by Crippen LogP contribution is -2.18. The molecule has 1 aromatic carbocycles. The van der Waals surface area contributed by atoms with Gasteiger partial charge in [-0.3, -0.25) is 4.79 Å². The quantitative estimate of drug-likeness (QED) is 0.793. The Balaban J connectivity index is 2.82. The van der Waals surface area contributed by atoms with E-state index in [4.69, 9.17) is 17.3 Å². The highest BCUT2D eigenvalue weighted by Gasteiger charge is 2.11. The molecule has 0 aliphatic carbocycles. The highest BCUT2D eigenvalue weighted by Crippen LogP contribution is 2.20. The summed E-state index contributed by atoms with van der Waals surface area (Å²) < 4.78 is 0. The Morgan fingerprint density at radius 1 is 1.47 bits per heavy atom. The second kappa shape index (κ2) is 6.42. The van der Waals surface area contributed by atoms with Gasteiger partial charge in [-0.25, -0.2) is 0 Å². The molecule has 1 rings (SSSR count). The summed E-state index contributed by atoms with van der Waals surface area (Å²) in [5, 5.41) is 3.61. The molecular weight excluding hydrogens is 236 g/mol. The summed E-state index contributed by atoms with van der Waals surface area (Å²) in [6.07, 6.45) is 1.63. The third kappa shape index (κ3) is 3.88. The molecule has 0 spiro atoms. The SMILES string of the molecule is CC(C)C(=O)/C(=C/Nc1ccccc1Cl)CN. The van der Waals surface area contributed by atoms with E-state index in [-0.39, 0.29) is 18.2 Å². The first kappa shape index (κ1) is 13.7. The Morgan fingerprint density at radius 2 is 2.12 bits per heavy atom. The van der Waals surface area contributed by atoms with E-state index in [9.17, 15) is 4.79 Å². The lowest BCUT2D eigenvalue weighted by atomic mass is 10.0. The number of ketones is 1. The van der Waals surface area contributed by atoms with Gasteiger partial charge in [0.05, 0.1) is 10.7 Å². The first-order valence-electron chi connectivity index (χ1n) is 5.50. The van der Waals surface area contributed by atoms with Gasteiger partial charge in [0.25, 0.3) is 0 Å². The molecule has 0 atom stereocenters. The van der Waals surface area contributed by atoms with E-state index in [1.54, 1.807) is 12.3 Å². The van der Waals surface area contributed by atoms with E-state index >= 15 is 0 Å². The van der Waals surface area contributed by atoms with Crippen LogP contribution in [0.4, 0.5) is 5.69 Å². The van der Waals surface area contributed by atoms with Gasteiger partial charge in [-0.05, 0) is 12.1 Å². The van der Waals surface area contributed by atoms with Crippen LogP contribution in [0.2, 0.25) is 5.02 Å². The molecule has 92 valence electrons. The number of nitrogens with two attached hydrogens (primary N) is 1. The lowest BCUT2D eigenvalue weighted by molar-refractivity contribution is -0.118. The number of halogens is 1. The van der Waals surface area contributed by atoms with E-state index in [2.05, 4.69) is 5.32 Å². The molecule has 0 amide bonds. The minimum Gasteiger partial charge on any atom is -0.360 e. The highest BCUT2D eigenvalue weighted by atomic mass is 35.5. The standard InChI is InChI=1S/C13H17ClN2O/c1-9(2)13(17)10(7-15)8-16-12-6-4-3-5-11(12)14/h3-6,8-9,16H,7,15H2,1-2H3/b10-8+. The zero-order chi connectivity index (χ0) is 12.8. The van der Waals surface area contributed by atoms with Crippen LogP contribution in [0.1, 0.15) is 13.8 Å². The molecule has 0 fully saturated rings. The number of hydrogen-bond acceptors (Lipinski definition) is 3. The Hall–Kier alpha value is -1.32. The molecule has 3 nitrogen and oxygen atoms in total. The Labute approximate surface area is 107 Å². The summed E-state index contributed by atoms with van der Waals surface area (Å²) in [7, 11) is 0. The Morgan fingerprint density at radius 3 is 2.65 bits per heavy atom. The van der Waals surface area contributed by atoms with Crippen molar-refractivity contribution in [2.75, 3.05) is 11.9 Å². The van der Waals surface area contributed by atoms with Crippen LogP contribution < -0.4 is 11.1 Å². The van der Waals surface area contributed by atoms with Gasteiger partial charge in [0.2, 0.25) is 0 Å².